The first-order chi connectivity index (χ1) is 11.5. The molecule has 0 aliphatic rings. The fourth-order valence-electron chi connectivity index (χ4n) is 1.78. The molecule has 2 aromatic rings. The van der Waals surface area contributed by atoms with Crippen molar-refractivity contribution in [1.29, 1.82) is 0 Å². The van der Waals surface area contributed by atoms with Crippen LogP contribution in [0.25, 0.3) is 0 Å². The number of amides is 1. The molecule has 7 heteroatoms. The van der Waals surface area contributed by atoms with Crippen LogP contribution in [0.4, 0.5) is 14.5 Å². The maximum absolute atomic E-state index is 13.0. The minimum Gasteiger partial charge on any atom is -0.455 e. The molecule has 0 fully saturated rings. The van der Waals surface area contributed by atoms with E-state index in [4.69, 9.17) is 4.74 Å². The van der Waals surface area contributed by atoms with Crippen LogP contribution in [-0.4, -0.2) is 23.7 Å². The van der Waals surface area contributed by atoms with E-state index in [0.717, 1.165) is 17.0 Å². The largest absolute Gasteiger partial charge is 0.455 e. The SMILES string of the molecule is C[C@H](Sc1ccccc1)C(=O)OCC(=O)Nc1ccc(F)c(F)c1. The fraction of sp³-hybridized carbons (Fsp3) is 0.176. The molecule has 0 aliphatic heterocycles. The molecule has 2 aromatic carbocycles. The summed E-state index contributed by atoms with van der Waals surface area (Å²) in [6.45, 7) is 1.17. The van der Waals surface area contributed by atoms with Gasteiger partial charge < -0.3 is 10.1 Å². The molecule has 24 heavy (non-hydrogen) atoms. The van der Waals surface area contributed by atoms with Crippen LogP contribution in [0.5, 0.6) is 0 Å². The molecule has 126 valence electrons. The van der Waals surface area contributed by atoms with Crippen LogP contribution in [0.1, 0.15) is 6.92 Å². The Hall–Kier alpha value is -2.41. The summed E-state index contributed by atoms with van der Waals surface area (Å²) in [7, 11) is 0. The number of hydrogen-bond donors (Lipinski definition) is 1. The number of nitrogens with one attached hydrogen (secondary N) is 1. The second-order valence-electron chi connectivity index (χ2n) is 4.86. The van der Waals surface area contributed by atoms with Crippen molar-refractivity contribution in [2.24, 2.45) is 0 Å². The van der Waals surface area contributed by atoms with Gasteiger partial charge in [0.15, 0.2) is 18.2 Å². The van der Waals surface area contributed by atoms with Gasteiger partial charge in [-0.25, -0.2) is 8.78 Å². The number of ether oxygens (including phenoxy) is 1. The normalized spacial score (nSPS) is 11.6. The summed E-state index contributed by atoms with van der Waals surface area (Å²) in [5.41, 5.74) is 0.0849. The van der Waals surface area contributed by atoms with Crippen molar-refractivity contribution in [2.45, 2.75) is 17.1 Å². The van der Waals surface area contributed by atoms with Crippen molar-refractivity contribution >= 4 is 29.3 Å². The molecule has 0 heterocycles. The number of carbonyl (C=O) groups excluding carboxylic acids is 2. The lowest BCUT2D eigenvalue weighted by Crippen LogP contribution is -2.24. The first-order valence-corrected chi connectivity index (χ1v) is 7.97. The van der Waals surface area contributed by atoms with E-state index in [0.29, 0.717) is 0 Å². The van der Waals surface area contributed by atoms with Crippen molar-refractivity contribution in [3.8, 4) is 0 Å². The molecule has 2 rings (SSSR count). The number of benzene rings is 2. The van der Waals surface area contributed by atoms with E-state index in [1.807, 2.05) is 30.3 Å². The lowest BCUT2D eigenvalue weighted by atomic mass is 10.3. The summed E-state index contributed by atoms with van der Waals surface area (Å²) in [4.78, 5) is 24.5. The van der Waals surface area contributed by atoms with Gasteiger partial charge in [0.25, 0.3) is 5.91 Å². The molecule has 0 saturated carbocycles. The Bertz CT molecular complexity index is 725. The minimum absolute atomic E-state index is 0.0849. The summed E-state index contributed by atoms with van der Waals surface area (Å²) in [5, 5.41) is 1.84. The number of carbonyl (C=O) groups is 2. The Kier molecular flexibility index (Phi) is 6.31. The maximum Gasteiger partial charge on any atom is 0.319 e. The third kappa shape index (κ3) is 5.34. The van der Waals surface area contributed by atoms with Crippen molar-refractivity contribution in [2.75, 3.05) is 11.9 Å². The summed E-state index contributed by atoms with van der Waals surface area (Å²) in [6, 6.07) is 12.3. The third-order valence-corrected chi connectivity index (χ3v) is 4.03. The highest BCUT2D eigenvalue weighted by Gasteiger charge is 2.17. The van der Waals surface area contributed by atoms with Gasteiger partial charge in [0.05, 0.1) is 0 Å². The van der Waals surface area contributed by atoms with Crippen molar-refractivity contribution in [1.82, 2.24) is 0 Å². The maximum atomic E-state index is 13.0. The van der Waals surface area contributed by atoms with Crippen LogP contribution < -0.4 is 5.32 Å². The predicted molar refractivity (Wildman–Crippen MR) is 87.7 cm³/mol. The lowest BCUT2D eigenvalue weighted by Gasteiger charge is -2.11. The number of anilines is 1. The molecule has 0 unspecified atom stereocenters. The Balaban J connectivity index is 1.80. The highest BCUT2D eigenvalue weighted by atomic mass is 32.2. The van der Waals surface area contributed by atoms with Gasteiger partial charge in [-0.2, -0.15) is 0 Å². The van der Waals surface area contributed by atoms with Crippen molar-refractivity contribution < 1.29 is 23.1 Å². The van der Waals surface area contributed by atoms with E-state index in [2.05, 4.69) is 5.32 Å². The Morgan fingerprint density at radius 2 is 1.83 bits per heavy atom. The summed E-state index contributed by atoms with van der Waals surface area (Å²) in [5.74, 6) is -3.25. The van der Waals surface area contributed by atoms with Crippen LogP contribution in [0.3, 0.4) is 0 Å². The van der Waals surface area contributed by atoms with Crippen LogP contribution in [0.15, 0.2) is 53.4 Å². The second-order valence-corrected chi connectivity index (χ2v) is 6.27. The number of esters is 1. The van der Waals surface area contributed by atoms with E-state index in [1.165, 1.54) is 17.8 Å². The molecule has 4 nitrogen and oxygen atoms in total. The fourth-order valence-corrected chi connectivity index (χ4v) is 2.66. The van der Waals surface area contributed by atoms with Crippen LogP contribution >= 0.6 is 11.8 Å². The highest BCUT2D eigenvalue weighted by molar-refractivity contribution is 8.00. The molecule has 1 atom stereocenters. The molecule has 0 saturated heterocycles. The van der Waals surface area contributed by atoms with Gasteiger partial charge in [-0.1, -0.05) is 18.2 Å². The smallest absolute Gasteiger partial charge is 0.319 e. The molecule has 0 radical (unpaired) electrons. The average molecular weight is 351 g/mol. The zero-order chi connectivity index (χ0) is 17.5. The highest BCUT2D eigenvalue weighted by Crippen LogP contribution is 2.23. The summed E-state index contributed by atoms with van der Waals surface area (Å²) >= 11 is 1.31. The number of thioether (sulfide) groups is 1. The monoisotopic (exact) mass is 351 g/mol. The van der Waals surface area contributed by atoms with Gasteiger partial charge in [0.2, 0.25) is 0 Å². The van der Waals surface area contributed by atoms with Gasteiger partial charge in [-0.3, -0.25) is 9.59 Å². The van der Waals surface area contributed by atoms with Crippen LogP contribution in [0.2, 0.25) is 0 Å². The molecule has 0 aliphatic carbocycles. The molecule has 0 bridgehead atoms. The summed E-state index contributed by atoms with van der Waals surface area (Å²) < 4.78 is 30.8. The van der Waals surface area contributed by atoms with Crippen LogP contribution in [0, 0.1) is 11.6 Å². The van der Waals surface area contributed by atoms with Crippen molar-refractivity contribution in [3.63, 3.8) is 0 Å². The zero-order valence-corrected chi connectivity index (χ0v) is 13.6. The quantitative estimate of drug-likeness (QED) is 0.638. The van der Waals surface area contributed by atoms with Crippen molar-refractivity contribution in [3.05, 3.63) is 60.2 Å². The molecule has 0 aromatic heterocycles. The van der Waals surface area contributed by atoms with Crippen LogP contribution in [-0.2, 0) is 14.3 Å². The number of rotatable bonds is 6. The molecule has 1 N–H and O–H groups in total. The van der Waals surface area contributed by atoms with E-state index in [9.17, 15) is 18.4 Å². The Labute approximate surface area is 142 Å². The van der Waals surface area contributed by atoms with E-state index < -0.39 is 35.4 Å². The standard InChI is InChI=1S/C17H15F2NO3S/c1-11(24-13-5-3-2-4-6-13)17(22)23-10-16(21)20-12-7-8-14(18)15(19)9-12/h2-9,11H,10H2,1H3,(H,20,21)/t11-/m0/s1. The lowest BCUT2D eigenvalue weighted by molar-refractivity contribution is -0.146. The average Bonchev–Trinajstić information content (AvgIpc) is 2.57. The molecular weight excluding hydrogens is 336 g/mol. The molecule has 1 amide bonds. The first-order valence-electron chi connectivity index (χ1n) is 7.09. The van der Waals surface area contributed by atoms with E-state index in [-0.39, 0.29) is 5.69 Å². The molecule has 0 spiro atoms. The van der Waals surface area contributed by atoms with Gasteiger partial charge in [-0.15, -0.1) is 11.8 Å². The number of hydrogen-bond acceptors (Lipinski definition) is 4. The Morgan fingerprint density at radius 3 is 2.50 bits per heavy atom. The second kappa shape index (κ2) is 8.44. The topological polar surface area (TPSA) is 55.4 Å². The van der Waals surface area contributed by atoms with Gasteiger partial charge in [0, 0.05) is 16.6 Å². The van der Waals surface area contributed by atoms with Gasteiger partial charge in [0.1, 0.15) is 5.25 Å². The third-order valence-electron chi connectivity index (χ3n) is 2.94. The van der Waals surface area contributed by atoms with Gasteiger partial charge >= 0.3 is 5.97 Å². The first kappa shape index (κ1) is 17.9. The van der Waals surface area contributed by atoms with E-state index in [1.54, 1.807) is 6.92 Å². The Morgan fingerprint density at radius 1 is 1.12 bits per heavy atom. The predicted octanol–water partition coefficient (Wildman–Crippen LogP) is 3.63. The zero-order valence-electron chi connectivity index (χ0n) is 12.8. The van der Waals surface area contributed by atoms with Gasteiger partial charge in [-0.05, 0) is 31.2 Å². The summed E-state index contributed by atoms with van der Waals surface area (Å²) in [6.07, 6.45) is 0. The van der Waals surface area contributed by atoms with E-state index >= 15 is 0 Å². The number of halogens is 2. The molecular formula is C17H15F2NO3S. The minimum atomic E-state index is -1.07.